The fourth-order valence-corrected chi connectivity index (χ4v) is 1.41. The first-order valence-electron chi connectivity index (χ1n) is 5.21. The molecule has 19 heavy (non-hydrogen) atoms. The average Bonchev–Trinajstić information content (AvgIpc) is 2.31. The van der Waals surface area contributed by atoms with Gasteiger partial charge < -0.3 is 10.6 Å². The van der Waals surface area contributed by atoms with Crippen LogP contribution in [0.25, 0.3) is 11.0 Å². The number of hydrogen-bond acceptors (Lipinski definition) is 4. The fourth-order valence-electron chi connectivity index (χ4n) is 1.41. The third-order valence-corrected chi connectivity index (χ3v) is 2.27. The lowest BCUT2D eigenvalue weighted by atomic mass is 10.3. The molecule has 0 amide bonds. The quantitative estimate of drug-likeness (QED) is 0.851. The highest BCUT2D eigenvalue weighted by molar-refractivity contribution is 5.85. The number of nitrogens with one attached hydrogen (secondary N) is 2. The van der Waals surface area contributed by atoms with E-state index in [2.05, 4.69) is 20.6 Å². The lowest BCUT2D eigenvalue weighted by Gasteiger charge is -2.05. The number of anilines is 1. The van der Waals surface area contributed by atoms with E-state index in [0.29, 0.717) is 23.4 Å². The predicted octanol–water partition coefficient (Wildman–Crippen LogP) is 2.38. The van der Waals surface area contributed by atoms with Gasteiger partial charge in [0.05, 0.1) is 17.2 Å². The van der Waals surface area contributed by atoms with Gasteiger partial charge in [0, 0.05) is 25.2 Å². The Morgan fingerprint density at radius 1 is 1.05 bits per heavy atom. The Labute approximate surface area is 121 Å². The second kappa shape index (κ2) is 8.04. The van der Waals surface area contributed by atoms with Gasteiger partial charge in [-0.3, -0.25) is 4.98 Å². The summed E-state index contributed by atoms with van der Waals surface area (Å²) in [5.41, 5.74) is 0.668. The monoisotopic (exact) mass is 310 g/mol. The van der Waals surface area contributed by atoms with Crippen molar-refractivity contribution in [2.45, 2.75) is 0 Å². The van der Waals surface area contributed by atoms with Crippen molar-refractivity contribution in [2.75, 3.05) is 25.5 Å². The number of nitrogens with zero attached hydrogens (tertiary/aromatic N) is 2. The van der Waals surface area contributed by atoms with E-state index in [1.807, 2.05) is 7.05 Å². The van der Waals surface area contributed by atoms with Gasteiger partial charge in [0.2, 0.25) is 0 Å². The molecule has 0 saturated carbocycles. The van der Waals surface area contributed by atoms with Gasteiger partial charge in [0.15, 0.2) is 11.6 Å². The zero-order valence-electron chi connectivity index (χ0n) is 10.1. The van der Waals surface area contributed by atoms with Crippen LogP contribution in [0.15, 0.2) is 18.3 Å². The molecule has 1 aromatic heterocycles. The number of likely N-dealkylation sites (N-methyl/N-ethyl adjacent to an activating group) is 1. The highest BCUT2D eigenvalue weighted by Gasteiger charge is 2.06. The van der Waals surface area contributed by atoms with Crippen molar-refractivity contribution < 1.29 is 8.78 Å². The average molecular weight is 311 g/mol. The molecule has 0 aliphatic carbocycles. The van der Waals surface area contributed by atoms with Crippen molar-refractivity contribution >= 4 is 41.7 Å². The molecule has 0 spiro atoms. The normalized spacial score (nSPS) is 9.63. The first-order chi connectivity index (χ1) is 8.20. The third-order valence-electron chi connectivity index (χ3n) is 2.27. The standard InChI is InChI=1S/C11H12F2N4.2ClH/c1-14-2-3-15-11-6-16-9-4-7(12)8(13)5-10(9)17-11;;/h4-6,14H,2-3H2,1H3,(H,15,17);2*1H. The molecule has 1 heterocycles. The minimum atomic E-state index is -0.917. The third kappa shape index (κ3) is 4.41. The smallest absolute Gasteiger partial charge is 0.161 e. The van der Waals surface area contributed by atoms with Crippen LogP contribution in [0.2, 0.25) is 0 Å². The van der Waals surface area contributed by atoms with Crippen LogP contribution < -0.4 is 10.6 Å². The van der Waals surface area contributed by atoms with Gasteiger partial charge in [-0.15, -0.1) is 24.8 Å². The van der Waals surface area contributed by atoms with Crippen molar-refractivity contribution in [2.24, 2.45) is 0 Å². The highest BCUT2D eigenvalue weighted by Crippen LogP contribution is 2.16. The number of fused-ring (bicyclic) bond motifs is 1. The fraction of sp³-hybridized carbons (Fsp3) is 0.273. The van der Waals surface area contributed by atoms with Crippen molar-refractivity contribution in [3.8, 4) is 0 Å². The minimum absolute atomic E-state index is 0. The van der Waals surface area contributed by atoms with Crippen molar-refractivity contribution in [1.82, 2.24) is 15.3 Å². The van der Waals surface area contributed by atoms with E-state index in [9.17, 15) is 8.78 Å². The van der Waals surface area contributed by atoms with Gasteiger partial charge in [0.1, 0.15) is 5.82 Å². The summed E-state index contributed by atoms with van der Waals surface area (Å²) in [5, 5.41) is 5.99. The van der Waals surface area contributed by atoms with Crippen LogP contribution in [-0.4, -0.2) is 30.1 Å². The van der Waals surface area contributed by atoms with Crippen LogP contribution in [0.3, 0.4) is 0 Å². The summed E-state index contributed by atoms with van der Waals surface area (Å²) in [6.45, 7) is 1.46. The summed E-state index contributed by atoms with van der Waals surface area (Å²) in [6.07, 6.45) is 1.50. The van der Waals surface area contributed by atoms with Gasteiger partial charge >= 0.3 is 0 Å². The first kappa shape index (κ1) is 17.8. The number of rotatable bonds is 4. The Balaban J connectivity index is 0.00000162. The number of benzene rings is 1. The summed E-state index contributed by atoms with van der Waals surface area (Å²) in [6, 6.07) is 2.08. The summed E-state index contributed by atoms with van der Waals surface area (Å²) >= 11 is 0. The van der Waals surface area contributed by atoms with Crippen LogP contribution in [0.1, 0.15) is 0 Å². The molecular formula is C11H14Cl2F2N4. The van der Waals surface area contributed by atoms with Gasteiger partial charge in [-0.05, 0) is 7.05 Å². The molecule has 2 aromatic rings. The van der Waals surface area contributed by atoms with E-state index in [0.717, 1.165) is 18.7 Å². The molecule has 2 rings (SSSR count). The maximum Gasteiger partial charge on any atom is 0.161 e. The van der Waals surface area contributed by atoms with Crippen molar-refractivity contribution in [3.63, 3.8) is 0 Å². The summed E-state index contributed by atoms with van der Waals surface area (Å²) in [5.74, 6) is -1.29. The number of halogens is 4. The molecule has 0 saturated heterocycles. The maximum atomic E-state index is 13.0. The zero-order chi connectivity index (χ0) is 12.3. The van der Waals surface area contributed by atoms with E-state index < -0.39 is 11.6 Å². The Kier molecular flexibility index (Phi) is 7.51. The van der Waals surface area contributed by atoms with Crippen LogP contribution in [0, 0.1) is 11.6 Å². The highest BCUT2D eigenvalue weighted by atomic mass is 35.5. The lowest BCUT2D eigenvalue weighted by molar-refractivity contribution is 0.510. The molecule has 2 N–H and O–H groups in total. The van der Waals surface area contributed by atoms with E-state index in [-0.39, 0.29) is 24.8 Å². The van der Waals surface area contributed by atoms with Crippen LogP contribution in [0.5, 0.6) is 0 Å². The largest absolute Gasteiger partial charge is 0.367 e. The molecule has 106 valence electrons. The molecule has 0 radical (unpaired) electrons. The lowest BCUT2D eigenvalue weighted by Crippen LogP contribution is -2.18. The predicted molar refractivity (Wildman–Crippen MR) is 76.4 cm³/mol. The molecule has 0 aliphatic heterocycles. The van der Waals surface area contributed by atoms with Gasteiger partial charge in [-0.25, -0.2) is 13.8 Å². The van der Waals surface area contributed by atoms with Crippen molar-refractivity contribution in [1.29, 1.82) is 0 Å². The summed E-state index contributed by atoms with van der Waals surface area (Å²) < 4.78 is 25.9. The Morgan fingerprint density at radius 2 is 1.68 bits per heavy atom. The van der Waals surface area contributed by atoms with E-state index in [1.54, 1.807) is 0 Å². The number of hydrogen-bond donors (Lipinski definition) is 2. The Bertz CT molecular complexity index is 539. The minimum Gasteiger partial charge on any atom is -0.367 e. The second-order valence-electron chi connectivity index (χ2n) is 3.54. The van der Waals surface area contributed by atoms with Gasteiger partial charge in [-0.1, -0.05) is 0 Å². The molecule has 0 atom stereocenters. The first-order valence-corrected chi connectivity index (χ1v) is 5.21. The molecule has 8 heteroatoms. The summed E-state index contributed by atoms with van der Waals surface area (Å²) in [7, 11) is 1.84. The van der Waals surface area contributed by atoms with E-state index in [4.69, 9.17) is 0 Å². The molecule has 0 fully saturated rings. The van der Waals surface area contributed by atoms with Crippen molar-refractivity contribution in [3.05, 3.63) is 30.0 Å². The molecule has 0 unspecified atom stereocenters. The molecule has 0 bridgehead atoms. The Morgan fingerprint density at radius 3 is 2.32 bits per heavy atom. The summed E-state index contributed by atoms with van der Waals surface area (Å²) in [4.78, 5) is 8.15. The van der Waals surface area contributed by atoms with E-state index >= 15 is 0 Å². The van der Waals surface area contributed by atoms with Crippen LogP contribution >= 0.6 is 24.8 Å². The molecule has 1 aromatic carbocycles. The Hall–Kier alpha value is -1.24. The van der Waals surface area contributed by atoms with Gasteiger partial charge in [-0.2, -0.15) is 0 Å². The second-order valence-corrected chi connectivity index (χ2v) is 3.54. The topological polar surface area (TPSA) is 49.8 Å². The molecule has 0 aliphatic rings. The molecule has 4 nitrogen and oxygen atoms in total. The van der Waals surface area contributed by atoms with Gasteiger partial charge in [0.25, 0.3) is 0 Å². The van der Waals surface area contributed by atoms with Crippen LogP contribution in [0.4, 0.5) is 14.6 Å². The SMILES string of the molecule is CNCCNc1cnc2cc(F)c(F)cc2n1.Cl.Cl. The van der Waals surface area contributed by atoms with E-state index in [1.165, 1.54) is 6.20 Å². The molecular weight excluding hydrogens is 297 g/mol. The maximum absolute atomic E-state index is 13.0. The number of aromatic nitrogens is 2. The zero-order valence-corrected chi connectivity index (χ0v) is 11.7. The van der Waals surface area contributed by atoms with Crippen LogP contribution in [-0.2, 0) is 0 Å².